The van der Waals surface area contributed by atoms with Crippen molar-refractivity contribution in [3.63, 3.8) is 0 Å². The van der Waals surface area contributed by atoms with Gasteiger partial charge < -0.3 is 4.42 Å². The lowest BCUT2D eigenvalue weighted by molar-refractivity contribution is 0.548. The number of fused-ring (bicyclic) bond motifs is 4. The molecule has 0 bridgehead atoms. The molecule has 0 atom stereocenters. The van der Waals surface area contributed by atoms with Gasteiger partial charge in [-0.1, -0.05) is 304 Å². The summed E-state index contributed by atoms with van der Waals surface area (Å²) in [5.74, 6) is 1.90. The van der Waals surface area contributed by atoms with Gasteiger partial charge in [0.1, 0.15) is 11.5 Å². The third-order valence-corrected chi connectivity index (χ3v) is 18.3. The van der Waals surface area contributed by atoms with E-state index in [9.17, 15) is 0 Å². The molecule has 0 amide bonds. The van der Waals surface area contributed by atoms with Crippen molar-refractivity contribution in [2.45, 2.75) is 135 Å². The molecule has 1 nitrogen and oxygen atoms in total. The lowest BCUT2D eigenvalue weighted by Gasteiger charge is -2.22. The Morgan fingerprint density at radius 1 is 0.258 bits per heavy atom. The Labute approximate surface area is 565 Å². The van der Waals surface area contributed by atoms with E-state index in [1.807, 2.05) is 41.7 Å². The summed E-state index contributed by atoms with van der Waals surface area (Å²) in [5.41, 5.74) is 19.1. The third kappa shape index (κ3) is 20.8. The zero-order chi connectivity index (χ0) is 67.0. The first-order valence-corrected chi connectivity index (χ1v) is 34.2. The summed E-state index contributed by atoms with van der Waals surface area (Å²) in [5, 5.41) is 10.7. The first-order valence-electron chi connectivity index (χ1n) is 32.6. The Bertz CT molecular complexity index is 4540. The highest BCUT2D eigenvalue weighted by Gasteiger charge is 2.18. The van der Waals surface area contributed by atoms with Gasteiger partial charge in [-0.2, -0.15) is 0 Å². The van der Waals surface area contributed by atoms with Crippen molar-refractivity contribution in [3.05, 3.63) is 331 Å². The minimum Gasteiger partial charge on any atom is -0.461 e. The van der Waals surface area contributed by atoms with E-state index in [1.165, 1.54) is 135 Å². The number of hydrogen-bond acceptors (Lipinski definition) is 3. The second kappa shape index (κ2) is 32.1. The summed E-state index contributed by atoms with van der Waals surface area (Å²) in [6, 6.07) is 90.9. The maximum atomic E-state index is 5.51. The zero-order valence-corrected chi connectivity index (χ0v) is 60.1. The number of benzene rings is 11. The summed E-state index contributed by atoms with van der Waals surface area (Å²) in [7, 11) is 0. The van der Waals surface area contributed by atoms with Crippen LogP contribution in [0.4, 0.5) is 0 Å². The van der Waals surface area contributed by atoms with Crippen molar-refractivity contribution in [2.24, 2.45) is 0 Å². The fourth-order valence-corrected chi connectivity index (χ4v) is 13.0. The van der Waals surface area contributed by atoms with E-state index >= 15 is 0 Å². The number of aryl methyl sites for hydroxylation is 12. The average molecular weight is 1260 g/mol. The van der Waals surface area contributed by atoms with Crippen LogP contribution in [0.2, 0.25) is 0 Å². The lowest BCUT2D eigenvalue weighted by atomic mass is 9.83. The molecular weight excluding hydrogens is 1160 g/mol. The van der Waals surface area contributed by atoms with E-state index in [4.69, 9.17) is 4.42 Å². The van der Waals surface area contributed by atoms with E-state index in [-0.39, 0.29) is 10.8 Å². The van der Waals surface area contributed by atoms with Gasteiger partial charge in [-0.15, -0.1) is 22.7 Å². The number of rotatable bonds is 3. The van der Waals surface area contributed by atoms with E-state index in [0.29, 0.717) is 0 Å². The zero-order valence-electron chi connectivity index (χ0n) is 58.5. The van der Waals surface area contributed by atoms with Crippen LogP contribution < -0.4 is 0 Å². The second-order valence-corrected chi connectivity index (χ2v) is 29.7. The van der Waals surface area contributed by atoms with Crippen LogP contribution in [-0.2, 0) is 10.8 Å². The predicted octanol–water partition coefficient (Wildman–Crippen LogP) is 27.4. The van der Waals surface area contributed by atoms with E-state index in [0.717, 1.165) is 17.1 Å². The molecule has 0 aliphatic rings. The predicted molar refractivity (Wildman–Crippen MR) is 414 cm³/mol. The van der Waals surface area contributed by atoms with Crippen LogP contribution in [0, 0.1) is 83.1 Å². The molecule has 93 heavy (non-hydrogen) atoms. The Hall–Kier alpha value is -8.86. The van der Waals surface area contributed by atoms with Gasteiger partial charge in [0.2, 0.25) is 0 Å². The number of thiophene rings is 2. The Kier molecular flexibility index (Phi) is 24.2. The SMILES string of the molecule is Cc1cc(C(C)(C)C)c2ccccc2c1.Cc1cc2ccccc2cc1C(C)(C)C.Cc1ccc(-c2ccc(C)o2)cc1.Cc1ccc(-c2ccc(C)s2)cc1.Cc1ccc2cc(C)ccc2c1.Cc1ccc2ccc(C)cc2c1.Cc1cccc(-c2ccc(C)s2)c1. The van der Waals surface area contributed by atoms with Crippen molar-refractivity contribution < 1.29 is 4.42 Å². The molecule has 0 aliphatic carbocycles. The van der Waals surface area contributed by atoms with Crippen LogP contribution in [0.25, 0.3) is 75.3 Å². The average Bonchev–Trinajstić information content (AvgIpc) is 1.89. The highest BCUT2D eigenvalue weighted by Crippen LogP contribution is 2.33. The van der Waals surface area contributed by atoms with E-state index < -0.39 is 0 Å². The summed E-state index contributed by atoms with van der Waals surface area (Å²) in [6.07, 6.45) is 0. The molecule has 14 aromatic rings. The van der Waals surface area contributed by atoms with Crippen LogP contribution in [-0.4, -0.2) is 0 Å². The molecule has 0 saturated heterocycles. The van der Waals surface area contributed by atoms with Crippen LogP contribution in [0.5, 0.6) is 0 Å². The Morgan fingerprint density at radius 3 is 1.15 bits per heavy atom. The summed E-state index contributed by atoms with van der Waals surface area (Å²) < 4.78 is 5.51. The smallest absolute Gasteiger partial charge is 0.134 e. The van der Waals surface area contributed by atoms with Crippen molar-refractivity contribution >= 4 is 65.8 Å². The Balaban J connectivity index is 0.000000140. The molecule has 0 fully saturated rings. The van der Waals surface area contributed by atoms with Crippen LogP contribution in [0.15, 0.2) is 259 Å². The molecule has 0 radical (unpaired) electrons. The van der Waals surface area contributed by atoms with Crippen LogP contribution in [0.3, 0.4) is 0 Å². The van der Waals surface area contributed by atoms with Crippen LogP contribution in [0.1, 0.15) is 118 Å². The van der Waals surface area contributed by atoms with Gasteiger partial charge >= 0.3 is 0 Å². The van der Waals surface area contributed by atoms with Gasteiger partial charge in [-0.25, -0.2) is 0 Å². The molecule has 3 heterocycles. The van der Waals surface area contributed by atoms with Gasteiger partial charge in [0.15, 0.2) is 0 Å². The third-order valence-electron chi connectivity index (χ3n) is 16.2. The van der Waals surface area contributed by atoms with E-state index in [1.54, 1.807) is 0 Å². The minimum absolute atomic E-state index is 0.214. The molecule has 474 valence electrons. The van der Waals surface area contributed by atoms with Gasteiger partial charge in [-0.3, -0.25) is 0 Å². The molecule has 0 spiro atoms. The molecule has 0 saturated carbocycles. The molecular formula is C90H96OS2. The largest absolute Gasteiger partial charge is 0.461 e. The standard InChI is InChI=1S/2C15H18.C12H12O.2C12H12S.2C12H12/c1-11-9-12-7-5-6-8-13(12)10-14(11)15(2,3)4;1-11-9-12-7-5-6-8-13(12)14(10-11)15(2,3)4;2*1-9-3-6-11(7-4-9)12-8-5-10(2)13-12;1-9-4-3-5-11(8-9)12-7-6-10(2)13-12;1-9-3-5-12-8-10(2)4-6-11(12)7-9;1-9-3-5-11-6-4-10(2)8-12(11)7-9/h2*5-10H,1-4H3;3*3-8H,1-2H3;2*3-8H,1-2H3. The molecule has 11 aromatic carbocycles. The molecule has 3 heteroatoms. The van der Waals surface area contributed by atoms with Gasteiger partial charge in [0.25, 0.3) is 0 Å². The first-order chi connectivity index (χ1) is 44.2. The Morgan fingerprint density at radius 2 is 0.677 bits per heavy atom. The fraction of sp³-hybridized carbons (Fsp3) is 0.222. The first kappa shape index (κ1) is 70.0. The molecule has 0 unspecified atom stereocenters. The summed E-state index contributed by atoms with van der Waals surface area (Å²) in [6.45, 7) is 39.1. The maximum absolute atomic E-state index is 5.51. The van der Waals surface area contributed by atoms with Gasteiger partial charge in [0.05, 0.1) is 0 Å². The summed E-state index contributed by atoms with van der Waals surface area (Å²) >= 11 is 3.70. The van der Waals surface area contributed by atoms with Crippen molar-refractivity contribution in [1.82, 2.24) is 0 Å². The topological polar surface area (TPSA) is 13.1 Å². The quantitative estimate of drug-likeness (QED) is 0.172. The van der Waals surface area contributed by atoms with Crippen molar-refractivity contribution in [3.8, 4) is 32.2 Å². The summed E-state index contributed by atoms with van der Waals surface area (Å²) in [4.78, 5) is 5.46. The normalized spacial score (nSPS) is 10.9. The second-order valence-electron chi connectivity index (χ2n) is 27.1. The lowest BCUT2D eigenvalue weighted by Crippen LogP contribution is -2.12. The van der Waals surface area contributed by atoms with E-state index in [2.05, 4.69) is 360 Å². The van der Waals surface area contributed by atoms with Crippen molar-refractivity contribution in [1.29, 1.82) is 0 Å². The monoisotopic (exact) mass is 1260 g/mol. The molecule has 0 N–H and O–H groups in total. The molecule has 0 aliphatic heterocycles. The van der Waals surface area contributed by atoms with Crippen molar-refractivity contribution in [2.75, 3.05) is 0 Å². The maximum Gasteiger partial charge on any atom is 0.134 e. The van der Waals surface area contributed by atoms with Gasteiger partial charge in [0, 0.05) is 25.1 Å². The number of hydrogen-bond donors (Lipinski definition) is 0. The minimum atomic E-state index is 0.214. The van der Waals surface area contributed by atoms with Crippen LogP contribution >= 0.6 is 22.7 Å². The fourth-order valence-electron chi connectivity index (χ4n) is 11.2. The highest BCUT2D eigenvalue weighted by atomic mass is 32.1. The molecule has 3 aromatic heterocycles. The number of furan rings is 1. The highest BCUT2D eigenvalue weighted by molar-refractivity contribution is 7.15. The molecule has 14 rings (SSSR count). The van der Waals surface area contributed by atoms with Gasteiger partial charge in [-0.05, 0) is 201 Å².